The van der Waals surface area contributed by atoms with E-state index in [1.807, 2.05) is 50.8 Å². The van der Waals surface area contributed by atoms with Crippen molar-refractivity contribution in [2.75, 3.05) is 18.4 Å². The summed E-state index contributed by atoms with van der Waals surface area (Å²) >= 11 is 0. The number of aryl methyl sites for hydroxylation is 3. The van der Waals surface area contributed by atoms with Crippen molar-refractivity contribution in [2.24, 2.45) is 20.0 Å². The number of benzene rings is 1. The maximum absolute atomic E-state index is 13.0. The van der Waals surface area contributed by atoms with Gasteiger partial charge in [0.2, 0.25) is 5.91 Å². The van der Waals surface area contributed by atoms with Gasteiger partial charge < -0.3 is 10.6 Å². The Kier molecular flexibility index (Phi) is 5.86. The lowest BCUT2D eigenvalue weighted by Gasteiger charge is -2.16. The molecule has 1 aliphatic rings. The molecule has 28 heavy (non-hydrogen) atoms. The Labute approximate surface area is 170 Å². The normalized spacial score (nSPS) is 18.7. The van der Waals surface area contributed by atoms with Crippen LogP contribution < -0.4 is 10.6 Å². The molecule has 3 aromatic rings. The van der Waals surface area contributed by atoms with Gasteiger partial charge in [-0.2, -0.15) is 10.2 Å². The van der Waals surface area contributed by atoms with Crippen molar-refractivity contribution < 1.29 is 4.79 Å². The number of nitrogens with zero attached hydrogens (tertiary/aromatic N) is 4. The van der Waals surface area contributed by atoms with Crippen LogP contribution in [0, 0.1) is 12.8 Å². The van der Waals surface area contributed by atoms with E-state index in [1.54, 1.807) is 9.36 Å². The number of halogens is 1. The minimum atomic E-state index is -0.133. The predicted octanol–water partition coefficient (Wildman–Crippen LogP) is 2.49. The molecular weight excluding hydrogens is 376 g/mol. The average Bonchev–Trinajstić information content (AvgIpc) is 3.36. The van der Waals surface area contributed by atoms with Crippen LogP contribution in [0.3, 0.4) is 0 Å². The van der Waals surface area contributed by atoms with Gasteiger partial charge in [0, 0.05) is 50.9 Å². The first kappa shape index (κ1) is 20.1. The first-order valence-electron chi connectivity index (χ1n) is 9.13. The number of rotatable bonds is 4. The summed E-state index contributed by atoms with van der Waals surface area (Å²) in [6, 6.07) is 10.0. The second kappa shape index (κ2) is 8.16. The van der Waals surface area contributed by atoms with E-state index in [9.17, 15) is 4.79 Å². The highest BCUT2D eigenvalue weighted by molar-refractivity contribution is 5.93. The first-order valence-corrected chi connectivity index (χ1v) is 9.13. The number of amides is 1. The molecule has 3 heterocycles. The molecule has 1 amide bonds. The second-order valence-corrected chi connectivity index (χ2v) is 7.16. The van der Waals surface area contributed by atoms with Crippen molar-refractivity contribution in [3.8, 4) is 11.3 Å². The van der Waals surface area contributed by atoms with E-state index in [0.29, 0.717) is 12.4 Å². The summed E-state index contributed by atoms with van der Waals surface area (Å²) in [5, 5.41) is 15.2. The number of hydrogen-bond acceptors (Lipinski definition) is 4. The monoisotopic (exact) mass is 400 g/mol. The highest BCUT2D eigenvalue weighted by atomic mass is 35.5. The van der Waals surface area contributed by atoms with Gasteiger partial charge in [-0.15, -0.1) is 12.4 Å². The zero-order valence-corrected chi connectivity index (χ0v) is 17.0. The van der Waals surface area contributed by atoms with Crippen LogP contribution in [-0.2, 0) is 18.9 Å². The molecule has 1 saturated heterocycles. The summed E-state index contributed by atoms with van der Waals surface area (Å²) < 4.78 is 3.50. The van der Waals surface area contributed by atoms with Crippen molar-refractivity contribution in [1.82, 2.24) is 24.9 Å². The third-order valence-corrected chi connectivity index (χ3v) is 5.26. The fraction of sp³-hybridized carbons (Fsp3) is 0.350. The van der Waals surface area contributed by atoms with Crippen LogP contribution in [0.4, 0.5) is 5.82 Å². The molecule has 8 heteroatoms. The SMILES string of the molecule is Cc1ccccc1-c1cc(NC(=O)[C@H]2CNC[C@@H]2c2cnn(C)c2)n(C)n1.Cl. The van der Waals surface area contributed by atoms with Gasteiger partial charge >= 0.3 is 0 Å². The maximum atomic E-state index is 13.0. The molecule has 0 spiro atoms. The molecule has 4 rings (SSSR count). The molecule has 2 aromatic heterocycles. The molecule has 0 radical (unpaired) electrons. The summed E-state index contributed by atoms with van der Waals surface area (Å²) in [5.41, 5.74) is 4.18. The highest BCUT2D eigenvalue weighted by Gasteiger charge is 2.35. The van der Waals surface area contributed by atoms with E-state index in [-0.39, 0.29) is 30.2 Å². The van der Waals surface area contributed by atoms with Crippen LogP contribution >= 0.6 is 12.4 Å². The summed E-state index contributed by atoms with van der Waals surface area (Å²) in [5.74, 6) is 0.706. The Bertz CT molecular complexity index is 979. The molecule has 1 aromatic carbocycles. The minimum absolute atomic E-state index is 0. The van der Waals surface area contributed by atoms with E-state index in [0.717, 1.165) is 28.9 Å². The highest BCUT2D eigenvalue weighted by Crippen LogP contribution is 2.30. The molecule has 2 atom stereocenters. The van der Waals surface area contributed by atoms with Crippen LogP contribution in [0.15, 0.2) is 42.7 Å². The van der Waals surface area contributed by atoms with E-state index in [2.05, 4.69) is 33.8 Å². The molecule has 0 bridgehead atoms. The molecule has 0 unspecified atom stereocenters. The minimum Gasteiger partial charge on any atom is -0.315 e. The number of anilines is 1. The van der Waals surface area contributed by atoms with E-state index in [4.69, 9.17) is 0 Å². The molecule has 1 aliphatic heterocycles. The molecule has 2 N–H and O–H groups in total. The van der Waals surface area contributed by atoms with Gasteiger partial charge in [-0.1, -0.05) is 24.3 Å². The summed E-state index contributed by atoms with van der Waals surface area (Å²) in [7, 11) is 3.74. The Balaban J connectivity index is 0.00000225. The third-order valence-electron chi connectivity index (χ3n) is 5.26. The van der Waals surface area contributed by atoms with Crippen molar-refractivity contribution in [1.29, 1.82) is 0 Å². The van der Waals surface area contributed by atoms with Gasteiger partial charge in [0.05, 0.1) is 17.8 Å². The van der Waals surface area contributed by atoms with Gasteiger partial charge in [0.15, 0.2) is 0 Å². The summed E-state index contributed by atoms with van der Waals surface area (Å²) in [4.78, 5) is 13.0. The number of carbonyl (C=O) groups is 1. The topological polar surface area (TPSA) is 76.8 Å². The van der Waals surface area contributed by atoms with Gasteiger partial charge in [-0.25, -0.2) is 0 Å². The smallest absolute Gasteiger partial charge is 0.230 e. The number of carbonyl (C=O) groups excluding carboxylic acids is 1. The number of nitrogens with one attached hydrogen (secondary N) is 2. The van der Waals surface area contributed by atoms with Gasteiger partial charge in [0.1, 0.15) is 5.82 Å². The fourth-order valence-corrected chi connectivity index (χ4v) is 3.73. The zero-order valence-electron chi connectivity index (χ0n) is 16.2. The van der Waals surface area contributed by atoms with Crippen LogP contribution in [0.1, 0.15) is 17.0 Å². The lowest BCUT2D eigenvalue weighted by atomic mass is 9.90. The summed E-state index contributed by atoms with van der Waals surface area (Å²) in [6.45, 7) is 3.50. The van der Waals surface area contributed by atoms with E-state index < -0.39 is 0 Å². The molecule has 0 saturated carbocycles. The van der Waals surface area contributed by atoms with Crippen molar-refractivity contribution in [3.05, 3.63) is 53.9 Å². The maximum Gasteiger partial charge on any atom is 0.230 e. The quantitative estimate of drug-likeness (QED) is 0.705. The van der Waals surface area contributed by atoms with Crippen LogP contribution in [-0.4, -0.2) is 38.6 Å². The van der Waals surface area contributed by atoms with Gasteiger partial charge in [-0.3, -0.25) is 14.2 Å². The predicted molar refractivity (Wildman–Crippen MR) is 112 cm³/mol. The second-order valence-electron chi connectivity index (χ2n) is 7.16. The van der Waals surface area contributed by atoms with Crippen molar-refractivity contribution >= 4 is 24.1 Å². The Morgan fingerprint density at radius 2 is 2.04 bits per heavy atom. The fourth-order valence-electron chi connectivity index (χ4n) is 3.73. The summed E-state index contributed by atoms with van der Waals surface area (Å²) in [6.07, 6.45) is 3.83. The first-order chi connectivity index (χ1) is 13.0. The molecule has 148 valence electrons. The van der Waals surface area contributed by atoms with Crippen LogP contribution in [0.5, 0.6) is 0 Å². The Morgan fingerprint density at radius 3 is 2.75 bits per heavy atom. The van der Waals surface area contributed by atoms with Crippen molar-refractivity contribution in [2.45, 2.75) is 12.8 Å². The lowest BCUT2D eigenvalue weighted by Crippen LogP contribution is -2.28. The largest absolute Gasteiger partial charge is 0.315 e. The Hall–Kier alpha value is -2.64. The number of aromatic nitrogens is 4. The van der Waals surface area contributed by atoms with Gasteiger partial charge in [-0.05, 0) is 18.1 Å². The van der Waals surface area contributed by atoms with Crippen LogP contribution in [0.2, 0.25) is 0 Å². The number of hydrogen-bond donors (Lipinski definition) is 2. The Morgan fingerprint density at radius 1 is 1.25 bits per heavy atom. The van der Waals surface area contributed by atoms with Gasteiger partial charge in [0.25, 0.3) is 0 Å². The van der Waals surface area contributed by atoms with E-state index in [1.165, 1.54) is 0 Å². The molecule has 1 fully saturated rings. The third kappa shape index (κ3) is 3.81. The zero-order chi connectivity index (χ0) is 19.0. The molecule has 0 aliphatic carbocycles. The van der Waals surface area contributed by atoms with Crippen LogP contribution in [0.25, 0.3) is 11.3 Å². The lowest BCUT2D eigenvalue weighted by molar-refractivity contribution is -0.119. The standard InChI is InChI=1S/C20H24N6O.ClH/c1-13-6-4-5-7-15(13)18-8-19(26(3)24-18)23-20(27)17-11-21-10-16(17)14-9-22-25(2)12-14;/h4-9,12,16-17,21H,10-11H2,1-3H3,(H,23,27);1H/t16-,17+;/m1./s1. The molecule has 7 nitrogen and oxygen atoms in total. The van der Waals surface area contributed by atoms with Crippen molar-refractivity contribution in [3.63, 3.8) is 0 Å². The average molecular weight is 401 g/mol. The van der Waals surface area contributed by atoms with E-state index >= 15 is 0 Å². The molecular formula is C20H25ClN6O.